The fraction of sp³-hybridized carbons (Fsp3) is 0.250. The summed E-state index contributed by atoms with van der Waals surface area (Å²) >= 11 is 4.81. The zero-order valence-corrected chi connectivity index (χ0v) is 10.5. The lowest BCUT2D eigenvalue weighted by Gasteiger charge is -2.18. The third-order valence-corrected chi connectivity index (χ3v) is 3.06. The maximum absolute atomic E-state index is 13.2. The Hall–Kier alpha value is -1.82. The molecule has 1 aromatic rings. The van der Waals surface area contributed by atoms with E-state index in [1.54, 1.807) is 6.92 Å². The van der Waals surface area contributed by atoms with Crippen molar-refractivity contribution in [3.63, 3.8) is 0 Å². The average Bonchev–Trinajstić information content (AvgIpc) is 2.54. The van der Waals surface area contributed by atoms with E-state index in [9.17, 15) is 14.0 Å². The molecule has 0 bridgehead atoms. The summed E-state index contributed by atoms with van der Waals surface area (Å²) in [6.07, 6.45) is 0.146. The summed E-state index contributed by atoms with van der Waals surface area (Å²) in [5, 5.41) is 0. The molecular formula is C12H11FN2O2S. The van der Waals surface area contributed by atoms with Crippen LogP contribution in [-0.2, 0) is 9.59 Å². The van der Waals surface area contributed by atoms with Gasteiger partial charge in [-0.15, -0.1) is 0 Å². The molecule has 1 unspecified atom stereocenters. The number of amides is 2. The molecule has 0 spiro atoms. The van der Waals surface area contributed by atoms with Gasteiger partial charge in [-0.3, -0.25) is 9.59 Å². The summed E-state index contributed by atoms with van der Waals surface area (Å²) in [6.45, 7) is 1.67. The Bertz CT molecular complexity index is 559. The Morgan fingerprint density at radius 3 is 2.67 bits per heavy atom. The quantitative estimate of drug-likeness (QED) is 0.648. The van der Waals surface area contributed by atoms with Crippen LogP contribution < -0.4 is 10.6 Å². The molecule has 0 aliphatic carbocycles. The summed E-state index contributed by atoms with van der Waals surface area (Å²) in [5.74, 6) is -1.53. The fourth-order valence-corrected chi connectivity index (χ4v) is 2.10. The Kier molecular flexibility index (Phi) is 3.13. The van der Waals surface area contributed by atoms with Gasteiger partial charge in [0.2, 0.25) is 11.8 Å². The van der Waals surface area contributed by atoms with E-state index in [0.29, 0.717) is 0 Å². The van der Waals surface area contributed by atoms with E-state index in [1.165, 1.54) is 12.1 Å². The number of carbonyl (C=O) groups excluding carboxylic acids is 2. The van der Waals surface area contributed by atoms with Gasteiger partial charge in [0.1, 0.15) is 10.8 Å². The molecule has 6 heteroatoms. The highest BCUT2D eigenvalue weighted by Crippen LogP contribution is 2.29. The monoisotopic (exact) mass is 266 g/mol. The van der Waals surface area contributed by atoms with Gasteiger partial charge < -0.3 is 5.73 Å². The third kappa shape index (κ3) is 1.99. The Balaban J connectivity index is 2.55. The van der Waals surface area contributed by atoms with Gasteiger partial charge in [0, 0.05) is 17.9 Å². The van der Waals surface area contributed by atoms with Gasteiger partial charge in [-0.05, 0) is 18.2 Å². The highest BCUT2D eigenvalue weighted by atomic mass is 32.1. The Morgan fingerprint density at radius 1 is 1.50 bits per heavy atom. The zero-order chi connectivity index (χ0) is 13.4. The summed E-state index contributed by atoms with van der Waals surface area (Å²) in [4.78, 5) is 24.7. The van der Waals surface area contributed by atoms with Crippen LogP contribution in [0.3, 0.4) is 0 Å². The van der Waals surface area contributed by atoms with Crippen molar-refractivity contribution in [2.45, 2.75) is 13.3 Å². The van der Waals surface area contributed by atoms with Crippen LogP contribution in [0.5, 0.6) is 0 Å². The summed E-state index contributed by atoms with van der Waals surface area (Å²) in [7, 11) is 0. The molecule has 1 saturated heterocycles. The maximum Gasteiger partial charge on any atom is 0.237 e. The van der Waals surface area contributed by atoms with Crippen molar-refractivity contribution in [1.82, 2.24) is 0 Å². The number of hydrogen-bond donors (Lipinski definition) is 1. The molecule has 2 amide bonds. The molecule has 0 saturated carbocycles. The summed E-state index contributed by atoms with van der Waals surface area (Å²) in [5.41, 5.74) is 5.94. The number of hydrogen-bond acceptors (Lipinski definition) is 3. The van der Waals surface area contributed by atoms with E-state index < -0.39 is 5.82 Å². The number of halogens is 1. The Morgan fingerprint density at radius 2 is 2.17 bits per heavy atom. The fourth-order valence-electron chi connectivity index (χ4n) is 1.94. The largest absolute Gasteiger partial charge is 0.389 e. The molecule has 1 fully saturated rings. The average molecular weight is 266 g/mol. The highest BCUT2D eigenvalue weighted by molar-refractivity contribution is 7.80. The number of imide groups is 1. The number of nitrogens with two attached hydrogens (primary N) is 1. The van der Waals surface area contributed by atoms with E-state index in [-0.39, 0.29) is 40.4 Å². The van der Waals surface area contributed by atoms with Crippen molar-refractivity contribution in [1.29, 1.82) is 0 Å². The second-order valence-electron chi connectivity index (χ2n) is 4.20. The smallest absolute Gasteiger partial charge is 0.237 e. The number of rotatable bonds is 2. The van der Waals surface area contributed by atoms with Gasteiger partial charge in [0.25, 0.3) is 0 Å². The van der Waals surface area contributed by atoms with E-state index in [2.05, 4.69) is 0 Å². The number of carbonyl (C=O) groups is 2. The number of anilines is 1. The van der Waals surface area contributed by atoms with E-state index in [4.69, 9.17) is 18.0 Å². The molecule has 1 atom stereocenters. The summed E-state index contributed by atoms with van der Waals surface area (Å²) < 4.78 is 13.2. The second kappa shape index (κ2) is 4.45. The topological polar surface area (TPSA) is 63.4 Å². The predicted molar refractivity (Wildman–Crippen MR) is 68.6 cm³/mol. The van der Waals surface area contributed by atoms with Crippen LogP contribution >= 0.6 is 12.2 Å². The first kappa shape index (κ1) is 12.6. The van der Waals surface area contributed by atoms with Crippen LogP contribution in [0.4, 0.5) is 10.1 Å². The normalized spacial score (nSPS) is 19.4. The minimum Gasteiger partial charge on any atom is -0.389 e. The molecular weight excluding hydrogens is 255 g/mol. The van der Waals surface area contributed by atoms with Crippen LogP contribution in [0, 0.1) is 11.7 Å². The lowest BCUT2D eigenvalue weighted by atomic mass is 10.1. The standard InChI is InChI=1S/C12H11FN2O2S/c1-6-4-10(16)15(12(6)17)9-3-2-7(13)5-8(9)11(14)18/h2-3,5-6H,4H2,1H3,(H2,14,18). The van der Waals surface area contributed by atoms with E-state index >= 15 is 0 Å². The molecule has 1 heterocycles. The molecule has 1 aliphatic heterocycles. The van der Waals surface area contributed by atoms with Crippen molar-refractivity contribution >= 4 is 34.7 Å². The SMILES string of the molecule is CC1CC(=O)N(c2ccc(F)cc2C(N)=S)C1=O. The zero-order valence-electron chi connectivity index (χ0n) is 9.64. The van der Waals surface area contributed by atoms with Gasteiger partial charge >= 0.3 is 0 Å². The molecule has 1 aromatic carbocycles. The molecule has 2 N–H and O–H groups in total. The molecule has 18 heavy (non-hydrogen) atoms. The third-order valence-electron chi connectivity index (χ3n) is 2.84. The van der Waals surface area contributed by atoms with Crippen LogP contribution in [-0.4, -0.2) is 16.8 Å². The van der Waals surface area contributed by atoms with E-state index in [0.717, 1.165) is 11.0 Å². The first-order valence-electron chi connectivity index (χ1n) is 5.38. The van der Waals surface area contributed by atoms with Gasteiger partial charge in [0.15, 0.2) is 0 Å². The van der Waals surface area contributed by atoms with Crippen molar-refractivity contribution in [2.24, 2.45) is 11.7 Å². The lowest BCUT2D eigenvalue weighted by Crippen LogP contribution is -2.32. The first-order chi connectivity index (χ1) is 8.41. The minimum atomic E-state index is -0.520. The van der Waals surface area contributed by atoms with Crippen LogP contribution in [0.2, 0.25) is 0 Å². The number of benzene rings is 1. The summed E-state index contributed by atoms with van der Waals surface area (Å²) in [6, 6.07) is 3.64. The molecule has 0 radical (unpaired) electrons. The van der Waals surface area contributed by atoms with Crippen molar-refractivity contribution in [3.8, 4) is 0 Å². The van der Waals surface area contributed by atoms with Crippen LogP contribution in [0.15, 0.2) is 18.2 Å². The highest BCUT2D eigenvalue weighted by Gasteiger charge is 2.37. The molecule has 0 aromatic heterocycles. The number of nitrogens with zero attached hydrogens (tertiary/aromatic N) is 1. The van der Waals surface area contributed by atoms with Crippen LogP contribution in [0.1, 0.15) is 18.9 Å². The first-order valence-corrected chi connectivity index (χ1v) is 5.78. The van der Waals surface area contributed by atoms with E-state index in [1.807, 2.05) is 0 Å². The van der Waals surface area contributed by atoms with Crippen molar-refractivity contribution in [2.75, 3.05) is 4.90 Å². The maximum atomic E-state index is 13.2. The van der Waals surface area contributed by atoms with Gasteiger partial charge in [-0.2, -0.15) is 0 Å². The number of thiocarbonyl (C=S) groups is 1. The minimum absolute atomic E-state index is 0.0512. The van der Waals surface area contributed by atoms with Gasteiger partial charge in [-0.25, -0.2) is 9.29 Å². The molecule has 4 nitrogen and oxygen atoms in total. The van der Waals surface area contributed by atoms with Gasteiger partial charge in [0.05, 0.1) is 5.69 Å². The lowest BCUT2D eigenvalue weighted by molar-refractivity contribution is -0.122. The molecule has 94 valence electrons. The second-order valence-corrected chi connectivity index (χ2v) is 4.64. The van der Waals surface area contributed by atoms with Crippen LogP contribution in [0.25, 0.3) is 0 Å². The predicted octanol–water partition coefficient (Wildman–Crippen LogP) is 1.36. The Labute approximate surface area is 109 Å². The molecule has 2 rings (SSSR count). The van der Waals surface area contributed by atoms with Crippen molar-refractivity contribution < 1.29 is 14.0 Å². The van der Waals surface area contributed by atoms with Crippen molar-refractivity contribution in [3.05, 3.63) is 29.6 Å². The van der Waals surface area contributed by atoms with Gasteiger partial charge in [-0.1, -0.05) is 19.1 Å². The molecule has 1 aliphatic rings.